The molecule has 3 heterocycles. The van der Waals surface area contributed by atoms with Crippen molar-refractivity contribution < 1.29 is 4.79 Å². The summed E-state index contributed by atoms with van der Waals surface area (Å²) in [4.78, 5) is 24.2. The van der Waals surface area contributed by atoms with Gasteiger partial charge in [-0.3, -0.25) is 14.7 Å². The molecule has 0 aliphatic carbocycles. The van der Waals surface area contributed by atoms with Crippen LogP contribution < -0.4 is 5.32 Å². The third-order valence-electron chi connectivity index (χ3n) is 5.82. The van der Waals surface area contributed by atoms with Crippen LogP contribution in [0, 0.1) is 0 Å². The van der Waals surface area contributed by atoms with Crippen LogP contribution in [-0.2, 0) is 11.3 Å². The van der Waals surface area contributed by atoms with E-state index in [9.17, 15) is 4.79 Å². The van der Waals surface area contributed by atoms with E-state index in [1.165, 1.54) is 0 Å². The molecule has 2 aliphatic heterocycles. The Morgan fingerprint density at radius 1 is 1.03 bits per heavy atom. The second-order valence-electron chi connectivity index (χ2n) is 7.87. The predicted octanol–water partition coefficient (Wildman–Crippen LogP) is 1.27. The molecule has 170 valence electrons. The van der Waals surface area contributed by atoms with Crippen LogP contribution in [0.3, 0.4) is 0 Å². The lowest BCUT2D eigenvalue weighted by molar-refractivity contribution is -0.135. The molecule has 1 amide bonds. The maximum atomic E-state index is 12.7. The molecule has 0 radical (unpaired) electrons. The number of aryl methyl sites for hydroxylation is 1. The fourth-order valence-electron chi connectivity index (χ4n) is 4.03. The topological polar surface area (TPSA) is 81.9 Å². The number of likely N-dealkylation sites (tertiary alicyclic amines) is 1. The minimum atomic E-state index is -0.0209. The largest absolute Gasteiger partial charge is 0.357 e. The van der Waals surface area contributed by atoms with Gasteiger partial charge < -0.3 is 19.7 Å². The fraction of sp³-hybridized carbons (Fsp3) is 0.800. The maximum Gasteiger partial charge on any atom is 0.239 e. The monoisotopic (exact) mass is 532 g/mol. The highest BCUT2D eigenvalue weighted by Crippen LogP contribution is 2.14. The summed E-state index contributed by atoms with van der Waals surface area (Å²) < 4.78 is 2.00. The first-order chi connectivity index (χ1) is 14.2. The molecule has 1 aromatic heterocycles. The van der Waals surface area contributed by atoms with Crippen LogP contribution >= 0.6 is 24.0 Å². The number of aromatic nitrogens is 3. The second kappa shape index (κ2) is 13.1. The van der Waals surface area contributed by atoms with Gasteiger partial charge in [0, 0.05) is 58.9 Å². The van der Waals surface area contributed by atoms with E-state index in [2.05, 4.69) is 39.2 Å². The molecule has 0 bridgehead atoms. The van der Waals surface area contributed by atoms with Crippen molar-refractivity contribution in [3.05, 3.63) is 12.7 Å². The van der Waals surface area contributed by atoms with Gasteiger partial charge >= 0.3 is 0 Å². The third-order valence-corrected chi connectivity index (χ3v) is 5.82. The normalized spacial score (nSPS) is 18.9. The van der Waals surface area contributed by atoms with Gasteiger partial charge in [-0.1, -0.05) is 0 Å². The fourth-order valence-corrected chi connectivity index (χ4v) is 4.03. The molecule has 30 heavy (non-hydrogen) atoms. The summed E-state index contributed by atoms with van der Waals surface area (Å²) in [5.41, 5.74) is 0. The highest BCUT2D eigenvalue weighted by Gasteiger charge is 2.30. The Balaban J connectivity index is 0.00000320. The Hall–Kier alpha value is -1.43. The van der Waals surface area contributed by atoms with Gasteiger partial charge in [0.1, 0.15) is 12.7 Å². The average Bonchev–Trinajstić information content (AvgIpc) is 3.46. The van der Waals surface area contributed by atoms with Gasteiger partial charge in [0.25, 0.3) is 0 Å². The molecule has 0 aromatic carbocycles. The number of hydrogen-bond acceptors (Lipinski definition) is 5. The van der Waals surface area contributed by atoms with Gasteiger partial charge in [-0.15, -0.1) is 34.2 Å². The van der Waals surface area contributed by atoms with Crippen molar-refractivity contribution in [3.63, 3.8) is 0 Å². The van der Waals surface area contributed by atoms with Gasteiger partial charge in [-0.05, 0) is 39.5 Å². The summed E-state index contributed by atoms with van der Waals surface area (Å²) in [7, 11) is 0. The van der Waals surface area contributed by atoms with E-state index >= 15 is 0 Å². The van der Waals surface area contributed by atoms with Gasteiger partial charge in [0.15, 0.2) is 5.96 Å². The molecule has 10 heteroatoms. The lowest BCUT2D eigenvalue weighted by Crippen LogP contribution is -2.57. The van der Waals surface area contributed by atoms with Crippen molar-refractivity contribution in [3.8, 4) is 0 Å². The second-order valence-corrected chi connectivity index (χ2v) is 7.87. The number of halogens is 1. The van der Waals surface area contributed by atoms with Crippen LogP contribution in [0.1, 0.15) is 39.5 Å². The number of aliphatic imine (C=N–C) groups is 1. The number of carbonyl (C=O) groups is 1. The quantitative estimate of drug-likeness (QED) is 0.235. The zero-order valence-corrected chi connectivity index (χ0v) is 20.7. The summed E-state index contributed by atoms with van der Waals surface area (Å²) in [6, 6.07) is -0.0209. The Kier molecular flexibility index (Phi) is 10.8. The smallest absolute Gasteiger partial charge is 0.239 e. The number of unbranched alkanes of at least 4 members (excludes halogenated alkanes) is 1. The highest BCUT2D eigenvalue weighted by atomic mass is 127. The lowest BCUT2D eigenvalue weighted by atomic mass is 10.2. The van der Waals surface area contributed by atoms with Crippen molar-refractivity contribution in [1.29, 1.82) is 0 Å². The Morgan fingerprint density at radius 3 is 2.33 bits per heavy atom. The first kappa shape index (κ1) is 24.8. The molecule has 1 N–H and O–H groups in total. The Labute approximate surface area is 197 Å². The minimum Gasteiger partial charge on any atom is -0.357 e. The predicted molar refractivity (Wildman–Crippen MR) is 129 cm³/mol. The highest BCUT2D eigenvalue weighted by molar-refractivity contribution is 14.0. The van der Waals surface area contributed by atoms with Crippen LogP contribution in [0.4, 0.5) is 0 Å². The molecule has 2 saturated heterocycles. The van der Waals surface area contributed by atoms with Crippen molar-refractivity contribution in [2.75, 3.05) is 52.4 Å². The number of nitrogens with zero attached hydrogens (tertiary/aromatic N) is 7. The molecule has 0 saturated carbocycles. The van der Waals surface area contributed by atoms with E-state index in [0.29, 0.717) is 5.91 Å². The van der Waals surface area contributed by atoms with Gasteiger partial charge in [-0.2, -0.15) is 0 Å². The van der Waals surface area contributed by atoms with E-state index < -0.39 is 0 Å². The number of hydrogen-bond donors (Lipinski definition) is 1. The number of amides is 1. The van der Waals surface area contributed by atoms with E-state index in [4.69, 9.17) is 4.99 Å². The Morgan fingerprint density at radius 2 is 1.70 bits per heavy atom. The maximum absolute atomic E-state index is 12.7. The molecule has 0 spiro atoms. The molecule has 1 atom stereocenters. The zero-order valence-electron chi connectivity index (χ0n) is 18.4. The number of nitrogens with one attached hydrogen (secondary N) is 1. The Bertz CT molecular complexity index is 639. The van der Waals surface area contributed by atoms with Crippen LogP contribution in [0.2, 0.25) is 0 Å². The summed E-state index contributed by atoms with van der Waals surface area (Å²) in [6.07, 6.45) is 7.89. The number of rotatable bonds is 8. The summed E-state index contributed by atoms with van der Waals surface area (Å²) in [6.45, 7) is 12.3. The molecular weight excluding hydrogens is 495 g/mol. The van der Waals surface area contributed by atoms with Gasteiger partial charge in [0.05, 0.1) is 6.04 Å². The van der Waals surface area contributed by atoms with Crippen molar-refractivity contribution in [2.45, 2.75) is 52.1 Å². The molecule has 2 aliphatic rings. The summed E-state index contributed by atoms with van der Waals surface area (Å²) >= 11 is 0. The number of guanidine groups is 1. The summed E-state index contributed by atoms with van der Waals surface area (Å²) in [5.74, 6) is 1.29. The van der Waals surface area contributed by atoms with Crippen molar-refractivity contribution in [1.82, 2.24) is 34.8 Å². The van der Waals surface area contributed by atoms with E-state index in [0.717, 1.165) is 90.5 Å². The number of piperazine rings is 1. The van der Waals surface area contributed by atoms with E-state index in [-0.39, 0.29) is 30.0 Å². The van der Waals surface area contributed by atoms with Gasteiger partial charge in [0.2, 0.25) is 5.91 Å². The van der Waals surface area contributed by atoms with Crippen LogP contribution in [0.25, 0.3) is 0 Å². The lowest BCUT2D eigenvalue weighted by Gasteiger charge is -2.39. The van der Waals surface area contributed by atoms with Gasteiger partial charge in [-0.25, -0.2) is 0 Å². The molecule has 3 rings (SSSR count). The molecule has 1 aromatic rings. The van der Waals surface area contributed by atoms with Crippen LogP contribution in [0.5, 0.6) is 0 Å². The minimum absolute atomic E-state index is 0. The third kappa shape index (κ3) is 7.07. The summed E-state index contributed by atoms with van der Waals surface area (Å²) in [5, 5.41) is 11.1. The van der Waals surface area contributed by atoms with E-state index in [1.807, 2.05) is 9.47 Å². The SMILES string of the molecule is CCNC(=NCCCCn1cnnc1)N1CCN(C(C)C(=O)N2CCCC2)CC1.I. The van der Waals surface area contributed by atoms with Crippen LogP contribution in [-0.4, -0.2) is 99.7 Å². The average molecular weight is 532 g/mol. The molecule has 9 nitrogen and oxygen atoms in total. The standard InChI is InChI=1S/C20H36N8O.HI/c1-3-21-20(22-8-4-5-9-25-16-23-24-17-25)28-14-12-26(13-15-28)18(2)19(29)27-10-6-7-11-27;/h16-18H,3-15H2,1-2H3,(H,21,22);1H. The first-order valence-corrected chi connectivity index (χ1v) is 11.1. The van der Waals surface area contributed by atoms with Crippen LogP contribution in [0.15, 0.2) is 17.6 Å². The zero-order chi connectivity index (χ0) is 20.5. The molecular formula is C20H37IN8O. The molecule has 2 fully saturated rings. The van der Waals surface area contributed by atoms with Crippen molar-refractivity contribution in [2.24, 2.45) is 4.99 Å². The van der Waals surface area contributed by atoms with Crippen molar-refractivity contribution >= 4 is 35.8 Å². The number of carbonyl (C=O) groups excluding carboxylic acids is 1. The van der Waals surface area contributed by atoms with E-state index in [1.54, 1.807) is 12.7 Å². The first-order valence-electron chi connectivity index (χ1n) is 11.1. The molecule has 1 unspecified atom stereocenters.